The Kier molecular flexibility index (Phi) is 14.6. The van der Waals surface area contributed by atoms with Crippen molar-refractivity contribution in [3.05, 3.63) is 126 Å². The van der Waals surface area contributed by atoms with Gasteiger partial charge in [0.2, 0.25) is 0 Å². The molecule has 5 rings (SSSR count). The molecular weight excluding hydrogens is 498 g/mol. The summed E-state index contributed by atoms with van der Waals surface area (Å²) in [5, 5.41) is 0. The first kappa shape index (κ1) is 29.5. The molecule has 0 heterocycles. The molecule has 31 heavy (non-hydrogen) atoms. The van der Waals surface area contributed by atoms with Crippen molar-refractivity contribution < 1.29 is 24.2 Å². The van der Waals surface area contributed by atoms with Crippen molar-refractivity contribution in [1.82, 2.24) is 0 Å². The van der Waals surface area contributed by atoms with Crippen LogP contribution in [0.3, 0.4) is 0 Å². The van der Waals surface area contributed by atoms with Gasteiger partial charge in [0.15, 0.2) is 0 Å². The van der Waals surface area contributed by atoms with Gasteiger partial charge in [-0.25, -0.2) is 12.2 Å². The molecule has 0 nitrogen and oxygen atoms in total. The molecule has 162 valence electrons. The summed E-state index contributed by atoms with van der Waals surface area (Å²) >= 11 is 1.46. The van der Waals surface area contributed by atoms with Crippen molar-refractivity contribution in [2.45, 2.75) is 26.7 Å². The number of rotatable bonds is 1. The Morgan fingerprint density at radius 3 is 2.16 bits per heavy atom. The van der Waals surface area contributed by atoms with Crippen molar-refractivity contribution in [2.24, 2.45) is 0 Å². The predicted molar refractivity (Wildman–Crippen MR) is 137 cm³/mol. The van der Waals surface area contributed by atoms with Gasteiger partial charge < -0.3 is 7.43 Å². The number of benzene rings is 3. The quantitative estimate of drug-likeness (QED) is 0.223. The summed E-state index contributed by atoms with van der Waals surface area (Å²) in [5.41, 5.74) is 9.48. The summed E-state index contributed by atoms with van der Waals surface area (Å²) in [6.45, 7) is 4.26. The molecule has 3 aromatic rings. The summed E-state index contributed by atoms with van der Waals surface area (Å²) in [4.78, 5) is 0. The van der Waals surface area contributed by atoms with Crippen LogP contribution in [0.5, 0.6) is 0 Å². The van der Waals surface area contributed by atoms with Gasteiger partial charge in [0.1, 0.15) is 0 Å². The van der Waals surface area contributed by atoms with Crippen LogP contribution in [-0.4, -0.2) is 3.71 Å². The number of halogens is 2. The minimum absolute atomic E-state index is 0. The minimum atomic E-state index is 0. The molecule has 0 bridgehead atoms. The third-order valence-electron chi connectivity index (χ3n) is 4.64. The standard InChI is InChI=1S/C15H13.C7H6.C5H5.CH3.2ClH.Zr/c1-10-3-5-14-12(7-10)9-13-8-11(2)4-6-15(13)14;1-7-5-3-2-4-6-7;1-2-4-5-3-1;;;;/h3-7H,9H2,1-2H3;1-6H;1-3H,4H2;1H3;2*1H;/q-1;;2*-1;;;. The number of hydrogen-bond donors (Lipinski definition) is 0. The normalized spacial score (nSPS) is 11.0. The zero-order valence-corrected chi connectivity index (χ0v) is 22.4. The SMILES string of the molecule is Cc1[c-]c2c(cc1)-c1ccc(C)cc1C2.Cl.Cl.[C-]1=CC=CC1.[CH3-].[Zr]=[CH]c1ccccc1. The zero-order valence-electron chi connectivity index (χ0n) is 18.3. The van der Waals surface area contributed by atoms with E-state index in [1.165, 1.54) is 63.2 Å². The van der Waals surface area contributed by atoms with Gasteiger partial charge in [-0.1, -0.05) is 36.2 Å². The van der Waals surface area contributed by atoms with Gasteiger partial charge in [-0.05, 0) is 18.9 Å². The molecule has 0 atom stereocenters. The summed E-state index contributed by atoms with van der Waals surface area (Å²) < 4.78 is 2.17. The Labute approximate surface area is 215 Å². The van der Waals surface area contributed by atoms with E-state index in [2.05, 4.69) is 90.4 Å². The molecule has 3 aromatic carbocycles. The molecule has 0 amide bonds. The van der Waals surface area contributed by atoms with E-state index in [1.807, 2.05) is 18.2 Å². The van der Waals surface area contributed by atoms with E-state index in [9.17, 15) is 0 Å². The molecule has 0 aliphatic heterocycles. The van der Waals surface area contributed by atoms with Crippen molar-refractivity contribution in [2.75, 3.05) is 0 Å². The van der Waals surface area contributed by atoms with Crippen LogP contribution in [0.4, 0.5) is 0 Å². The van der Waals surface area contributed by atoms with E-state index >= 15 is 0 Å². The van der Waals surface area contributed by atoms with Gasteiger partial charge in [0, 0.05) is 0 Å². The van der Waals surface area contributed by atoms with E-state index in [0.29, 0.717) is 0 Å². The van der Waals surface area contributed by atoms with Crippen LogP contribution >= 0.6 is 24.8 Å². The van der Waals surface area contributed by atoms with Gasteiger partial charge in [0.25, 0.3) is 0 Å². The third-order valence-corrected chi connectivity index (χ3v) is 5.46. The monoisotopic (exact) mass is 525 g/mol. The molecular formula is C28H29Cl2Zr-3. The Balaban J connectivity index is 0.000000481. The summed E-state index contributed by atoms with van der Waals surface area (Å²) in [7, 11) is 0. The fourth-order valence-corrected chi connectivity index (χ4v) is 3.73. The average Bonchev–Trinajstić information content (AvgIpc) is 3.40. The number of fused-ring (bicyclic) bond motifs is 3. The molecule has 0 saturated carbocycles. The Morgan fingerprint density at radius 2 is 1.61 bits per heavy atom. The molecule has 0 N–H and O–H groups in total. The number of hydrogen-bond acceptors (Lipinski definition) is 0. The van der Waals surface area contributed by atoms with E-state index in [-0.39, 0.29) is 32.2 Å². The predicted octanol–water partition coefficient (Wildman–Crippen LogP) is 7.66. The van der Waals surface area contributed by atoms with Crippen LogP contribution in [0.1, 0.15) is 34.2 Å². The van der Waals surface area contributed by atoms with Crippen molar-refractivity contribution >= 4 is 28.5 Å². The molecule has 2 aliphatic carbocycles. The van der Waals surface area contributed by atoms with Gasteiger partial charge >= 0.3 is 63.8 Å². The van der Waals surface area contributed by atoms with E-state index in [4.69, 9.17) is 0 Å². The second kappa shape index (κ2) is 15.3. The Hall–Kier alpha value is -1.53. The maximum absolute atomic E-state index is 3.45. The van der Waals surface area contributed by atoms with Gasteiger partial charge in [-0.15, -0.1) is 42.4 Å². The molecule has 0 radical (unpaired) electrons. The van der Waals surface area contributed by atoms with Gasteiger partial charge in [0.05, 0.1) is 0 Å². The fourth-order valence-electron chi connectivity index (χ4n) is 3.26. The first-order valence-corrected chi connectivity index (χ1v) is 11.0. The van der Waals surface area contributed by atoms with Crippen LogP contribution in [0.25, 0.3) is 11.1 Å². The van der Waals surface area contributed by atoms with Crippen LogP contribution in [0.2, 0.25) is 0 Å². The molecule has 0 spiro atoms. The number of allylic oxidation sites excluding steroid dienone is 4. The van der Waals surface area contributed by atoms with Crippen LogP contribution in [0, 0.1) is 33.4 Å². The third kappa shape index (κ3) is 8.85. The van der Waals surface area contributed by atoms with Crippen molar-refractivity contribution in [3.8, 4) is 11.1 Å². The van der Waals surface area contributed by atoms with Crippen molar-refractivity contribution in [3.63, 3.8) is 0 Å². The summed E-state index contributed by atoms with van der Waals surface area (Å²) in [6, 6.07) is 24.9. The van der Waals surface area contributed by atoms with E-state index < -0.39 is 0 Å². The fraction of sp³-hybridized carbons (Fsp3) is 0.143. The second-order valence-electron chi connectivity index (χ2n) is 6.93. The Morgan fingerprint density at radius 1 is 0.903 bits per heavy atom. The first-order chi connectivity index (χ1) is 13.7. The van der Waals surface area contributed by atoms with E-state index in [0.717, 1.165) is 12.8 Å². The summed E-state index contributed by atoms with van der Waals surface area (Å²) in [6.07, 6.45) is 11.0. The van der Waals surface area contributed by atoms with Gasteiger partial charge in [-0.3, -0.25) is 6.08 Å². The van der Waals surface area contributed by atoms with E-state index in [1.54, 1.807) is 0 Å². The van der Waals surface area contributed by atoms with Gasteiger partial charge in [-0.2, -0.15) is 29.8 Å². The van der Waals surface area contributed by atoms with Crippen LogP contribution < -0.4 is 0 Å². The first-order valence-electron chi connectivity index (χ1n) is 9.56. The molecule has 0 fully saturated rings. The zero-order chi connectivity index (χ0) is 19.8. The Bertz CT molecular complexity index is 945. The maximum atomic E-state index is 3.45. The topological polar surface area (TPSA) is 0 Å². The van der Waals surface area contributed by atoms with Crippen molar-refractivity contribution in [1.29, 1.82) is 0 Å². The second-order valence-corrected chi connectivity index (χ2v) is 7.64. The average molecular weight is 528 g/mol. The number of aryl methyl sites for hydroxylation is 2. The molecule has 0 aromatic heterocycles. The molecule has 2 aliphatic rings. The van der Waals surface area contributed by atoms with Crippen LogP contribution in [-0.2, 0) is 30.7 Å². The summed E-state index contributed by atoms with van der Waals surface area (Å²) in [5.74, 6) is 0. The molecule has 0 unspecified atom stereocenters. The molecule has 3 heteroatoms. The molecule has 0 saturated heterocycles. The van der Waals surface area contributed by atoms with Crippen LogP contribution in [0.15, 0.2) is 78.9 Å².